The molecule has 0 aliphatic carbocycles. The molecular formula is C38H48N8O2. The molecule has 48 heavy (non-hydrogen) atoms. The van der Waals surface area contributed by atoms with Crippen LogP contribution >= 0.6 is 0 Å². The van der Waals surface area contributed by atoms with Crippen LogP contribution < -0.4 is 10.6 Å². The summed E-state index contributed by atoms with van der Waals surface area (Å²) >= 11 is 0. The van der Waals surface area contributed by atoms with Gasteiger partial charge in [-0.2, -0.15) is 4.99 Å². The van der Waals surface area contributed by atoms with E-state index in [0.29, 0.717) is 25.0 Å². The van der Waals surface area contributed by atoms with E-state index in [9.17, 15) is 9.90 Å². The third kappa shape index (κ3) is 8.18. The Labute approximate surface area is 284 Å². The number of carbonyl (C=O) groups excluding carboxylic acids is 1. The van der Waals surface area contributed by atoms with Crippen molar-refractivity contribution in [2.75, 3.05) is 52.7 Å². The van der Waals surface area contributed by atoms with Gasteiger partial charge >= 0.3 is 0 Å². The second-order valence-electron chi connectivity index (χ2n) is 12.9. The molecule has 252 valence electrons. The lowest BCUT2D eigenvalue weighted by Gasteiger charge is -2.38. The molecule has 2 aliphatic rings. The molecule has 10 nitrogen and oxygen atoms in total. The van der Waals surface area contributed by atoms with Crippen molar-refractivity contribution in [3.63, 3.8) is 0 Å². The highest BCUT2D eigenvalue weighted by Gasteiger charge is 2.29. The molecule has 2 aromatic carbocycles. The lowest BCUT2D eigenvalue weighted by Crippen LogP contribution is -2.52. The van der Waals surface area contributed by atoms with Crippen molar-refractivity contribution in [3.8, 4) is 11.3 Å². The first kappa shape index (κ1) is 34.5. The fourth-order valence-electron chi connectivity index (χ4n) is 6.05. The van der Waals surface area contributed by atoms with E-state index in [1.807, 2.05) is 79.5 Å². The predicted molar refractivity (Wildman–Crippen MR) is 196 cm³/mol. The molecule has 0 spiro atoms. The molecule has 0 unspecified atom stereocenters. The number of nitrogens with one attached hydrogen (secondary N) is 2. The zero-order valence-corrected chi connectivity index (χ0v) is 28.8. The van der Waals surface area contributed by atoms with Gasteiger partial charge in [0.2, 0.25) is 17.8 Å². The maximum absolute atomic E-state index is 12.5. The Balaban J connectivity index is 1.45. The van der Waals surface area contributed by atoms with Gasteiger partial charge in [-0.15, -0.1) is 0 Å². The number of hydrogen-bond donors (Lipinski definition) is 3. The van der Waals surface area contributed by atoms with Crippen molar-refractivity contribution >= 4 is 34.3 Å². The Morgan fingerprint density at radius 2 is 1.96 bits per heavy atom. The van der Waals surface area contributed by atoms with Crippen molar-refractivity contribution in [3.05, 3.63) is 96.5 Å². The highest BCUT2D eigenvalue weighted by Crippen LogP contribution is 2.31. The summed E-state index contributed by atoms with van der Waals surface area (Å²) < 4.78 is 0. The number of carbonyl (C=O) groups is 1. The summed E-state index contributed by atoms with van der Waals surface area (Å²) in [6, 6.07) is 16.1. The van der Waals surface area contributed by atoms with E-state index in [0.717, 1.165) is 76.6 Å². The standard InChI is InChI=1S/C38H48N8O2/c1-7-31(26(2)3)36-42-38(46-21-17-27(25-47)18-22-46)43-37(45(36)6)40-24-29-11-8-9-12-32(29)35-33-15-14-30(23-28(33)16-19-39-35)41-34(48)13-10-20-44(4)5/h7-16,19,23,26-27,47H,1,17-18,20-22,24-25H2,2-6H3,(H,41,48)(H,40,42,43)/b13-10+,36-31+. The topological polar surface area (TPSA) is 109 Å². The van der Waals surface area contributed by atoms with Crippen molar-refractivity contribution in [1.82, 2.24) is 25.0 Å². The van der Waals surface area contributed by atoms with Crippen LogP contribution in [0, 0.1) is 11.8 Å². The number of aliphatic imine (C=N–C) groups is 2. The van der Waals surface area contributed by atoms with E-state index in [4.69, 9.17) is 15.0 Å². The molecule has 1 fully saturated rings. The summed E-state index contributed by atoms with van der Waals surface area (Å²) in [6.07, 6.45) is 8.95. The van der Waals surface area contributed by atoms with Crippen LogP contribution in [0.5, 0.6) is 0 Å². The van der Waals surface area contributed by atoms with Gasteiger partial charge in [-0.3, -0.25) is 14.7 Å². The normalized spacial score (nSPS) is 17.8. The molecule has 10 heteroatoms. The van der Waals surface area contributed by atoms with Gasteiger partial charge in [0.25, 0.3) is 0 Å². The van der Waals surface area contributed by atoms with Crippen molar-refractivity contribution < 1.29 is 9.90 Å². The zero-order valence-electron chi connectivity index (χ0n) is 28.8. The van der Waals surface area contributed by atoms with Gasteiger partial charge in [0, 0.05) is 62.2 Å². The zero-order chi connectivity index (χ0) is 34.2. The Hall–Kier alpha value is -4.80. The number of anilines is 1. The van der Waals surface area contributed by atoms with E-state index in [2.05, 4.69) is 48.1 Å². The lowest BCUT2D eigenvalue weighted by atomic mass is 9.98. The molecule has 0 radical (unpaired) electrons. The number of likely N-dealkylation sites (tertiary alicyclic amines) is 1. The number of pyridine rings is 1. The van der Waals surface area contributed by atoms with E-state index in [1.165, 1.54) is 0 Å². The molecule has 1 saturated heterocycles. The fraction of sp³-hybridized carbons (Fsp3) is 0.368. The number of amides is 1. The van der Waals surface area contributed by atoms with Gasteiger partial charge in [-0.25, -0.2) is 4.99 Å². The Kier molecular flexibility index (Phi) is 11.4. The van der Waals surface area contributed by atoms with Gasteiger partial charge in [0.1, 0.15) is 5.82 Å². The number of aromatic nitrogens is 1. The fourth-order valence-corrected chi connectivity index (χ4v) is 6.05. The van der Waals surface area contributed by atoms with E-state index in [-0.39, 0.29) is 18.4 Å². The van der Waals surface area contributed by atoms with E-state index in [1.54, 1.807) is 12.3 Å². The third-order valence-electron chi connectivity index (χ3n) is 8.79. The molecule has 0 saturated carbocycles. The van der Waals surface area contributed by atoms with Crippen LogP contribution in [0.4, 0.5) is 5.69 Å². The summed E-state index contributed by atoms with van der Waals surface area (Å²) in [5.74, 6) is 2.73. The number of piperidine rings is 1. The third-order valence-corrected chi connectivity index (χ3v) is 8.79. The average molecular weight is 649 g/mol. The minimum absolute atomic E-state index is 0.162. The molecule has 1 aromatic heterocycles. The Morgan fingerprint density at radius 1 is 1.19 bits per heavy atom. The number of hydrogen-bond acceptors (Lipinski definition) is 7. The summed E-state index contributed by atoms with van der Waals surface area (Å²) in [5.41, 5.74) is 4.69. The minimum Gasteiger partial charge on any atom is -0.396 e. The molecular weight excluding hydrogens is 600 g/mol. The van der Waals surface area contributed by atoms with Gasteiger partial charge in [-0.05, 0) is 73.5 Å². The quantitative estimate of drug-likeness (QED) is 0.251. The van der Waals surface area contributed by atoms with E-state index >= 15 is 0 Å². The van der Waals surface area contributed by atoms with Crippen molar-refractivity contribution in [2.24, 2.45) is 21.8 Å². The molecule has 0 bridgehead atoms. The molecule has 5 rings (SSSR count). The summed E-state index contributed by atoms with van der Waals surface area (Å²) in [7, 11) is 5.91. The van der Waals surface area contributed by atoms with Gasteiger partial charge in [0.05, 0.1) is 12.2 Å². The minimum atomic E-state index is -0.162. The summed E-state index contributed by atoms with van der Waals surface area (Å²) in [6.45, 7) is 11.4. The number of aliphatic hydroxyl groups excluding tert-OH is 1. The Bertz CT molecular complexity index is 1750. The molecule has 1 amide bonds. The summed E-state index contributed by atoms with van der Waals surface area (Å²) in [4.78, 5) is 33.6. The first-order valence-corrected chi connectivity index (χ1v) is 16.6. The molecule has 3 N–H and O–H groups in total. The number of rotatable bonds is 10. The number of aliphatic hydroxyl groups is 1. The maximum Gasteiger partial charge on any atom is 0.248 e. The van der Waals surface area contributed by atoms with Crippen LogP contribution in [-0.2, 0) is 11.3 Å². The first-order chi connectivity index (χ1) is 23.2. The summed E-state index contributed by atoms with van der Waals surface area (Å²) in [5, 5.41) is 18.2. The van der Waals surface area contributed by atoms with Gasteiger partial charge in [0.15, 0.2) is 0 Å². The van der Waals surface area contributed by atoms with Crippen LogP contribution in [0.25, 0.3) is 22.0 Å². The van der Waals surface area contributed by atoms with Gasteiger partial charge in [-0.1, -0.05) is 62.9 Å². The van der Waals surface area contributed by atoms with Crippen molar-refractivity contribution in [2.45, 2.75) is 33.2 Å². The van der Waals surface area contributed by atoms with Crippen LogP contribution in [0.2, 0.25) is 0 Å². The lowest BCUT2D eigenvalue weighted by molar-refractivity contribution is -0.111. The second-order valence-corrected chi connectivity index (χ2v) is 12.9. The van der Waals surface area contributed by atoms with Crippen LogP contribution in [0.15, 0.2) is 101 Å². The number of nitrogens with zero attached hydrogens (tertiary/aromatic N) is 6. The smallest absolute Gasteiger partial charge is 0.248 e. The predicted octanol–water partition coefficient (Wildman–Crippen LogP) is 5.46. The number of benzene rings is 2. The average Bonchev–Trinajstić information content (AvgIpc) is 3.08. The number of likely N-dealkylation sites (N-methyl/N-ethyl adjacent to an activating group) is 1. The molecule has 3 aromatic rings. The number of allylic oxidation sites excluding steroid dienone is 2. The molecule has 3 heterocycles. The number of fused-ring (bicyclic) bond motifs is 1. The van der Waals surface area contributed by atoms with Crippen LogP contribution in [-0.4, -0.2) is 90.0 Å². The van der Waals surface area contributed by atoms with E-state index < -0.39 is 0 Å². The van der Waals surface area contributed by atoms with Crippen LogP contribution in [0.1, 0.15) is 32.3 Å². The first-order valence-electron chi connectivity index (χ1n) is 16.6. The van der Waals surface area contributed by atoms with Crippen molar-refractivity contribution in [1.29, 1.82) is 0 Å². The molecule has 2 aliphatic heterocycles. The largest absolute Gasteiger partial charge is 0.396 e. The SMILES string of the molecule is C=C/C(=C1/NC(N2CCC(CO)CC2)=NC(=NCc2ccccc2-c2nccc3cc(NC(=O)/C=C/CN(C)C)ccc23)N1C)C(C)C. The highest BCUT2D eigenvalue weighted by molar-refractivity contribution is 6.03. The molecule has 0 atom stereocenters. The van der Waals surface area contributed by atoms with Crippen LogP contribution in [0.3, 0.4) is 0 Å². The highest BCUT2D eigenvalue weighted by atomic mass is 16.3. The second kappa shape index (κ2) is 15.9. The maximum atomic E-state index is 12.5. The Morgan fingerprint density at radius 3 is 2.67 bits per heavy atom. The number of guanidine groups is 2. The monoisotopic (exact) mass is 648 g/mol. The van der Waals surface area contributed by atoms with Gasteiger partial charge < -0.3 is 25.5 Å².